The molecule has 72 valence electrons. The molecule has 0 aromatic heterocycles. The average molecular weight is 180 g/mol. The zero-order chi connectivity index (χ0) is 9.31. The fourth-order valence-electron chi connectivity index (χ4n) is 2.30. The van der Waals surface area contributed by atoms with Crippen LogP contribution in [0.1, 0.15) is 38.5 Å². The van der Waals surface area contributed by atoms with Crippen LogP contribution in [0.4, 0.5) is 0 Å². The lowest BCUT2D eigenvalue weighted by atomic mass is 9.85. The van der Waals surface area contributed by atoms with Crippen LogP contribution >= 0.6 is 0 Å². The van der Waals surface area contributed by atoms with Gasteiger partial charge in [0.05, 0.1) is 0 Å². The molecular formula is C11H16O2. The highest BCUT2D eigenvalue weighted by Gasteiger charge is 2.60. The number of carbonyl (C=O) groups is 1. The van der Waals surface area contributed by atoms with Crippen molar-refractivity contribution in [3.05, 3.63) is 12.7 Å². The molecular weight excluding hydrogens is 164 g/mol. The number of Topliss-reactive ketones (excluding diaryl/α,β-unsaturated/α-hetero) is 1. The van der Waals surface area contributed by atoms with Gasteiger partial charge < -0.3 is 4.74 Å². The molecule has 1 aliphatic carbocycles. The van der Waals surface area contributed by atoms with Crippen molar-refractivity contribution in [1.29, 1.82) is 0 Å². The molecule has 1 saturated carbocycles. The van der Waals surface area contributed by atoms with Gasteiger partial charge in [0.1, 0.15) is 11.7 Å². The van der Waals surface area contributed by atoms with Crippen LogP contribution in [0.25, 0.3) is 0 Å². The van der Waals surface area contributed by atoms with E-state index in [1.165, 1.54) is 0 Å². The van der Waals surface area contributed by atoms with Crippen LogP contribution in [0, 0.1) is 0 Å². The third-order valence-corrected chi connectivity index (χ3v) is 3.10. The molecule has 2 rings (SSSR count). The number of unbranched alkanes of at least 4 members (excludes halogenated alkanes) is 1. The Morgan fingerprint density at radius 3 is 3.31 bits per heavy atom. The smallest absolute Gasteiger partial charge is 0.164 e. The van der Waals surface area contributed by atoms with Gasteiger partial charge in [-0.1, -0.05) is 6.08 Å². The fourth-order valence-corrected chi connectivity index (χ4v) is 2.30. The molecule has 0 aromatic carbocycles. The van der Waals surface area contributed by atoms with E-state index in [0.717, 1.165) is 38.5 Å². The third kappa shape index (κ3) is 1.55. The van der Waals surface area contributed by atoms with Gasteiger partial charge >= 0.3 is 0 Å². The summed E-state index contributed by atoms with van der Waals surface area (Å²) < 4.78 is 5.54. The molecule has 1 aliphatic heterocycles. The number of hydrogen-bond acceptors (Lipinski definition) is 2. The van der Waals surface area contributed by atoms with Crippen LogP contribution in [-0.2, 0) is 9.53 Å². The maximum Gasteiger partial charge on any atom is 0.164 e. The van der Waals surface area contributed by atoms with Gasteiger partial charge in [0, 0.05) is 6.42 Å². The van der Waals surface area contributed by atoms with E-state index in [0.29, 0.717) is 5.78 Å². The van der Waals surface area contributed by atoms with Crippen molar-refractivity contribution in [1.82, 2.24) is 0 Å². The van der Waals surface area contributed by atoms with Gasteiger partial charge in [0.2, 0.25) is 0 Å². The summed E-state index contributed by atoms with van der Waals surface area (Å²) in [4.78, 5) is 11.3. The van der Waals surface area contributed by atoms with Gasteiger partial charge in [-0.2, -0.15) is 0 Å². The van der Waals surface area contributed by atoms with Crippen LogP contribution in [-0.4, -0.2) is 17.5 Å². The maximum atomic E-state index is 11.3. The summed E-state index contributed by atoms with van der Waals surface area (Å²) >= 11 is 0. The predicted octanol–water partition coefficient (Wildman–Crippen LogP) is 2.23. The fraction of sp³-hybridized carbons (Fsp3) is 0.727. The highest BCUT2D eigenvalue weighted by molar-refractivity contribution is 5.87. The first kappa shape index (κ1) is 8.95. The number of rotatable bonds is 4. The molecule has 13 heavy (non-hydrogen) atoms. The Kier molecular flexibility index (Phi) is 2.24. The third-order valence-electron chi connectivity index (χ3n) is 3.10. The maximum absolute atomic E-state index is 11.3. The van der Waals surface area contributed by atoms with Crippen molar-refractivity contribution < 1.29 is 9.53 Å². The van der Waals surface area contributed by atoms with Gasteiger partial charge in [-0.05, 0) is 32.1 Å². The van der Waals surface area contributed by atoms with Gasteiger partial charge in [-0.3, -0.25) is 4.79 Å². The summed E-state index contributed by atoms with van der Waals surface area (Å²) in [5.41, 5.74) is -0.0294. The summed E-state index contributed by atoms with van der Waals surface area (Å²) in [5.74, 6) is 0.324. The molecule has 2 unspecified atom stereocenters. The topological polar surface area (TPSA) is 29.6 Å². The lowest BCUT2D eigenvalue weighted by molar-refractivity contribution is -0.120. The van der Waals surface area contributed by atoms with Crippen LogP contribution in [0.5, 0.6) is 0 Å². The van der Waals surface area contributed by atoms with Crippen molar-refractivity contribution in [2.24, 2.45) is 0 Å². The van der Waals surface area contributed by atoms with E-state index in [-0.39, 0.29) is 11.7 Å². The minimum atomic E-state index is -0.0361. The van der Waals surface area contributed by atoms with E-state index in [1.807, 2.05) is 6.08 Å². The van der Waals surface area contributed by atoms with Crippen molar-refractivity contribution in [2.75, 3.05) is 0 Å². The molecule has 0 bridgehead atoms. The largest absolute Gasteiger partial charge is 0.358 e. The molecule has 0 spiro atoms. The highest BCUT2D eigenvalue weighted by atomic mass is 16.6. The Balaban J connectivity index is 1.85. The standard InChI is InChI=1S/C11H16O2/c1-2-3-4-7-11-8-5-6-9(12)10(11)13-11/h2,10H,1,3-8H2. The summed E-state index contributed by atoms with van der Waals surface area (Å²) in [6.07, 6.45) is 7.90. The van der Waals surface area contributed by atoms with E-state index in [2.05, 4.69) is 6.58 Å². The second kappa shape index (κ2) is 3.26. The normalized spacial score (nSPS) is 36.9. The Hall–Kier alpha value is -0.630. The highest BCUT2D eigenvalue weighted by Crippen LogP contribution is 2.49. The lowest BCUT2D eigenvalue weighted by Crippen LogP contribution is -2.26. The first-order valence-electron chi connectivity index (χ1n) is 5.10. The van der Waals surface area contributed by atoms with E-state index in [4.69, 9.17) is 4.74 Å². The van der Waals surface area contributed by atoms with E-state index < -0.39 is 0 Å². The van der Waals surface area contributed by atoms with Crippen molar-refractivity contribution >= 4 is 5.78 Å². The Morgan fingerprint density at radius 1 is 1.69 bits per heavy atom. The minimum absolute atomic E-state index is 0.0294. The molecule has 0 N–H and O–H groups in total. The van der Waals surface area contributed by atoms with Gasteiger partial charge in [-0.15, -0.1) is 6.58 Å². The molecule has 0 amide bonds. The number of ketones is 1. The molecule has 1 heterocycles. The summed E-state index contributed by atoms with van der Waals surface area (Å²) in [6, 6.07) is 0. The summed E-state index contributed by atoms with van der Waals surface area (Å²) in [6.45, 7) is 3.69. The van der Waals surface area contributed by atoms with Crippen LogP contribution in [0.3, 0.4) is 0 Å². The molecule has 0 aromatic rings. The summed E-state index contributed by atoms with van der Waals surface area (Å²) in [5, 5.41) is 0. The SMILES string of the molecule is C=CCCCC12CCCC(=O)C1O2. The molecule has 2 nitrogen and oxygen atoms in total. The Morgan fingerprint density at radius 2 is 2.54 bits per heavy atom. The number of epoxide rings is 1. The molecule has 2 heteroatoms. The zero-order valence-corrected chi connectivity index (χ0v) is 7.92. The molecule has 1 saturated heterocycles. The second-order valence-electron chi connectivity index (χ2n) is 4.06. The molecule has 2 atom stereocenters. The number of hydrogen-bond donors (Lipinski definition) is 0. The van der Waals surface area contributed by atoms with Gasteiger partial charge in [-0.25, -0.2) is 0 Å². The molecule has 2 aliphatic rings. The number of allylic oxidation sites excluding steroid dienone is 1. The van der Waals surface area contributed by atoms with Gasteiger partial charge in [0.15, 0.2) is 5.78 Å². The first-order chi connectivity index (χ1) is 6.28. The van der Waals surface area contributed by atoms with Crippen molar-refractivity contribution in [3.8, 4) is 0 Å². The Bertz CT molecular complexity index is 234. The van der Waals surface area contributed by atoms with Crippen LogP contribution in [0.15, 0.2) is 12.7 Å². The number of carbonyl (C=O) groups excluding carboxylic acids is 1. The van der Waals surface area contributed by atoms with E-state index in [1.54, 1.807) is 0 Å². The summed E-state index contributed by atoms with van der Waals surface area (Å²) in [7, 11) is 0. The van der Waals surface area contributed by atoms with E-state index >= 15 is 0 Å². The molecule has 2 fully saturated rings. The number of fused-ring (bicyclic) bond motifs is 1. The Labute approximate surface area is 79.0 Å². The van der Waals surface area contributed by atoms with Gasteiger partial charge in [0.25, 0.3) is 0 Å². The predicted molar refractivity (Wildman–Crippen MR) is 50.5 cm³/mol. The number of ether oxygens (including phenoxy) is 1. The van der Waals surface area contributed by atoms with Crippen LogP contribution < -0.4 is 0 Å². The van der Waals surface area contributed by atoms with Crippen molar-refractivity contribution in [3.63, 3.8) is 0 Å². The van der Waals surface area contributed by atoms with E-state index in [9.17, 15) is 4.79 Å². The average Bonchev–Trinajstić information content (AvgIpc) is 2.82. The monoisotopic (exact) mass is 180 g/mol. The molecule has 0 radical (unpaired) electrons. The van der Waals surface area contributed by atoms with Crippen LogP contribution in [0.2, 0.25) is 0 Å². The zero-order valence-electron chi connectivity index (χ0n) is 7.92. The quantitative estimate of drug-likeness (QED) is 0.377. The minimum Gasteiger partial charge on any atom is -0.358 e. The first-order valence-corrected chi connectivity index (χ1v) is 5.10. The second-order valence-corrected chi connectivity index (χ2v) is 4.06. The van der Waals surface area contributed by atoms with Crippen molar-refractivity contribution in [2.45, 2.75) is 50.2 Å². The lowest BCUT2D eigenvalue weighted by Gasteiger charge is -2.15.